The maximum absolute atomic E-state index is 14.0. The number of hydrogen-bond acceptors (Lipinski definition) is 2. The molecule has 0 amide bonds. The van der Waals surface area contributed by atoms with Crippen LogP contribution < -0.4 is 11.1 Å². The molecule has 2 rings (SSSR count). The minimum atomic E-state index is -0.409. The van der Waals surface area contributed by atoms with Crippen LogP contribution in [0.2, 0.25) is 0 Å². The minimum Gasteiger partial charge on any atom is -0.389 e. The van der Waals surface area contributed by atoms with E-state index in [4.69, 9.17) is 18.0 Å². The number of nitrogens with two attached hydrogens (primary N) is 1. The summed E-state index contributed by atoms with van der Waals surface area (Å²) < 4.78 is 15.6. The smallest absolute Gasteiger partial charge is 0.147 e. The number of hydrogen-bond donors (Lipinski definition) is 2. The Morgan fingerprint density at radius 3 is 2.32 bits per heavy atom. The summed E-state index contributed by atoms with van der Waals surface area (Å²) in [6.07, 6.45) is 0. The molecule has 0 fully saturated rings. The molecule has 0 atom stereocenters. The molecule has 98 valence electrons. The number of benzene rings is 2. The van der Waals surface area contributed by atoms with Crippen LogP contribution in [0.3, 0.4) is 0 Å². The van der Waals surface area contributed by atoms with E-state index >= 15 is 0 Å². The number of anilines is 2. The van der Waals surface area contributed by atoms with Gasteiger partial charge in [-0.2, -0.15) is 0 Å². The van der Waals surface area contributed by atoms with Gasteiger partial charge in [0.2, 0.25) is 0 Å². The molecule has 0 aromatic heterocycles. The van der Waals surface area contributed by atoms with Crippen molar-refractivity contribution in [2.45, 2.75) is 0 Å². The maximum atomic E-state index is 14.0. The monoisotopic (exact) mass is 402 g/mol. The Morgan fingerprint density at radius 2 is 1.79 bits per heavy atom. The van der Waals surface area contributed by atoms with E-state index in [1.54, 1.807) is 12.1 Å². The highest BCUT2D eigenvalue weighted by Gasteiger charge is 2.09. The lowest BCUT2D eigenvalue weighted by Gasteiger charge is -2.12. The number of nitrogens with one attached hydrogen (secondary N) is 1. The molecular weight excluding hydrogens is 395 g/mol. The Labute approximate surface area is 132 Å². The molecule has 0 aliphatic carbocycles. The minimum absolute atomic E-state index is 0.174. The van der Waals surface area contributed by atoms with Gasteiger partial charge in [0.15, 0.2) is 0 Å². The molecule has 3 N–H and O–H groups in total. The maximum Gasteiger partial charge on any atom is 0.147 e. The van der Waals surface area contributed by atoms with E-state index in [1.165, 1.54) is 6.07 Å². The Morgan fingerprint density at radius 1 is 1.16 bits per heavy atom. The zero-order chi connectivity index (χ0) is 14.0. The van der Waals surface area contributed by atoms with Gasteiger partial charge in [-0.05, 0) is 62.2 Å². The van der Waals surface area contributed by atoms with Crippen LogP contribution in [0.25, 0.3) is 0 Å². The van der Waals surface area contributed by atoms with Crippen molar-refractivity contribution in [3.63, 3.8) is 0 Å². The standard InChI is InChI=1S/C13H9Br2FN2S/c14-8-2-1-3-9(15)12(8)18-11-5-4-7(13(17)19)6-10(11)16/h1-6,18H,(H2,17,19). The van der Waals surface area contributed by atoms with Crippen LogP contribution in [0, 0.1) is 5.82 Å². The molecule has 0 spiro atoms. The predicted molar refractivity (Wildman–Crippen MR) is 87.4 cm³/mol. The average Bonchev–Trinajstić information content (AvgIpc) is 2.35. The van der Waals surface area contributed by atoms with Crippen LogP contribution in [-0.2, 0) is 0 Å². The fraction of sp³-hybridized carbons (Fsp3) is 0. The van der Waals surface area contributed by atoms with Crippen LogP contribution in [0.4, 0.5) is 15.8 Å². The molecule has 0 radical (unpaired) electrons. The van der Waals surface area contributed by atoms with Gasteiger partial charge in [0, 0.05) is 14.5 Å². The molecule has 6 heteroatoms. The second-order valence-electron chi connectivity index (χ2n) is 3.78. The Balaban J connectivity index is 2.36. The highest BCUT2D eigenvalue weighted by molar-refractivity contribution is 9.11. The second-order valence-corrected chi connectivity index (χ2v) is 5.93. The molecule has 0 aliphatic rings. The first-order valence-electron chi connectivity index (χ1n) is 5.29. The van der Waals surface area contributed by atoms with Gasteiger partial charge in [0.1, 0.15) is 10.8 Å². The fourth-order valence-electron chi connectivity index (χ4n) is 1.52. The summed E-state index contributed by atoms with van der Waals surface area (Å²) in [6, 6.07) is 10.2. The van der Waals surface area contributed by atoms with Crippen molar-refractivity contribution in [3.8, 4) is 0 Å². The number of rotatable bonds is 3. The van der Waals surface area contributed by atoms with Gasteiger partial charge in [0.25, 0.3) is 0 Å². The van der Waals surface area contributed by atoms with Crippen LogP contribution in [0.5, 0.6) is 0 Å². The van der Waals surface area contributed by atoms with Gasteiger partial charge < -0.3 is 11.1 Å². The van der Waals surface area contributed by atoms with Gasteiger partial charge >= 0.3 is 0 Å². The summed E-state index contributed by atoms with van der Waals surface area (Å²) in [4.78, 5) is 0.174. The molecule has 2 nitrogen and oxygen atoms in total. The summed E-state index contributed by atoms with van der Waals surface area (Å²) in [5, 5.41) is 3.02. The number of thiocarbonyl (C=S) groups is 1. The van der Waals surface area contributed by atoms with Crippen LogP contribution in [-0.4, -0.2) is 4.99 Å². The molecule has 2 aromatic carbocycles. The highest BCUT2D eigenvalue weighted by atomic mass is 79.9. The van der Waals surface area contributed by atoms with Crippen LogP contribution in [0.1, 0.15) is 5.56 Å². The van der Waals surface area contributed by atoms with Crippen molar-refractivity contribution in [1.29, 1.82) is 0 Å². The lowest BCUT2D eigenvalue weighted by Crippen LogP contribution is -2.10. The Hall–Kier alpha value is -0.980. The van der Waals surface area contributed by atoms with E-state index in [-0.39, 0.29) is 4.99 Å². The number of para-hydroxylation sites is 1. The molecule has 0 saturated carbocycles. The topological polar surface area (TPSA) is 38.0 Å². The first kappa shape index (κ1) is 14.4. The van der Waals surface area contributed by atoms with Crippen molar-refractivity contribution < 1.29 is 4.39 Å². The van der Waals surface area contributed by atoms with Gasteiger partial charge in [-0.15, -0.1) is 0 Å². The third-order valence-electron chi connectivity index (χ3n) is 2.48. The largest absolute Gasteiger partial charge is 0.389 e. The van der Waals surface area contributed by atoms with Gasteiger partial charge in [-0.3, -0.25) is 0 Å². The first-order chi connectivity index (χ1) is 8.99. The summed E-state index contributed by atoms with van der Waals surface area (Å²) in [7, 11) is 0. The van der Waals surface area contributed by atoms with Crippen molar-refractivity contribution in [3.05, 3.63) is 56.7 Å². The molecule has 0 aliphatic heterocycles. The zero-order valence-electron chi connectivity index (χ0n) is 9.58. The van der Waals surface area contributed by atoms with Crippen molar-refractivity contribution in [2.75, 3.05) is 5.32 Å². The van der Waals surface area contributed by atoms with Crippen molar-refractivity contribution in [2.24, 2.45) is 5.73 Å². The van der Waals surface area contributed by atoms with Gasteiger partial charge in [0.05, 0.1) is 11.4 Å². The summed E-state index contributed by atoms with van der Waals surface area (Å²) in [5.74, 6) is -0.409. The lowest BCUT2D eigenvalue weighted by atomic mass is 10.2. The van der Waals surface area contributed by atoms with Crippen molar-refractivity contribution in [1.82, 2.24) is 0 Å². The number of halogens is 3. The fourth-order valence-corrected chi connectivity index (χ4v) is 2.85. The van der Waals surface area contributed by atoms with Gasteiger partial charge in [-0.1, -0.05) is 18.3 Å². The highest BCUT2D eigenvalue weighted by Crippen LogP contribution is 2.33. The molecule has 0 saturated heterocycles. The molecule has 2 aromatic rings. The average molecular weight is 404 g/mol. The quantitative estimate of drug-likeness (QED) is 0.727. The first-order valence-corrected chi connectivity index (χ1v) is 7.29. The Kier molecular flexibility index (Phi) is 4.54. The third-order valence-corrected chi connectivity index (χ3v) is 4.03. The lowest BCUT2D eigenvalue weighted by molar-refractivity contribution is 0.631. The van der Waals surface area contributed by atoms with Crippen molar-refractivity contribution >= 4 is 60.4 Å². The normalized spacial score (nSPS) is 10.3. The van der Waals surface area contributed by atoms with Gasteiger partial charge in [-0.25, -0.2) is 4.39 Å². The zero-order valence-corrected chi connectivity index (χ0v) is 13.6. The molecule has 0 unspecified atom stereocenters. The van der Waals surface area contributed by atoms with E-state index in [0.717, 1.165) is 14.6 Å². The predicted octanol–water partition coefficient (Wildman–Crippen LogP) is 4.73. The second kappa shape index (κ2) is 5.98. The van der Waals surface area contributed by atoms with E-state index in [0.29, 0.717) is 11.3 Å². The molecule has 19 heavy (non-hydrogen) atoms. The molecule has 0 heterocycles. The molecular formula is C13H9Br2FN2S. The van der Waals surface area contributed by atoms with E-state index in [1.807, 2.05) is 18.2 Å². The summed E-state index contributed by atoms with van der Waals surface area (Å²) in [5.41, 5.74) is 7.08. The SMILES string of the molecule is NC(=S)c1ccc(Nc2c(Br)cccc2Br)c(F)c1. The third kappa shape index (κ3) is 3.32. The Bertz CT molecular complexity index is 626. The summed E-state index contributed by atoms with van der Waals surface area (Å²) in [6.45, 7) is 0. The molecule has 0 bridgehead atoms. The van der Waals surface area contributed by atoms with E-state index in [9.17, 15) is 4.39 Å². The van der Waals surface area contributed by atoms with Crippen LogP contribution >= 0.6 is 44.1 Å². The van der Waals surface area contributed by atoms with Crippen LogP contribution in [0.15, 0.2) is 45.3 Å². The van der Waals surface area contributed by atoms with E-state index < -0.39 is 5.82 Å². The van der Waals surface area contributed by atoms with E-state index in [2.05, 4.69) is 37.2 Å². The summed E-state index contributed by atoms with van der Waals surface area (Å²) >= 11 is 11.6.